The Hall–Kier alpha value is -1.47. The molecule has 52 valence electrons. The zero-order valence-corrected chi connectivity index (χ0v) is 5.17. The van der Waals surface area contributed by atoms with Gasteiger partial charge in [-0.05, 0) is 12.1 Å². The molecule has 1 aromatic rings. The van der Waals surface area contributed by atoms with Crippen molar-refractivity contribution in [2.75, 3.05) is 0 Å². The van der Waals surface area contributed by atoms with Crippen molar-refractivity contribution >= 4 is 6.08 Å². The maximum atomic E-state index is 11.9. The number of isocyanates is 1. The van der Waals surface area contributed by atoms with Gasteiger partial charge in [0.05, 0.1) is 0 Å². The van der Waals surface area contributed by atoms with Gasteiger partial charge in [-0.25, -0.2) is 14.6 Å². The van der Waals surface area contributed by atoms with Crippen LogP contribution in [0.5, 0.6) is 0 Å². The Kier molecular flexibility index (Phi) is 4.83. The predicted molar refractivity (Wildman–Crippen MR) is 34.8 cm³/mol. The number of rotatable bonds is 0. The summed E-state index contributed by atoms with van der Waals surface area (Å²) >= 11 is 0. The average molecular weight is 139 g/mol. The van der Waals surface area contributed by atoms with Gasteiger partial charge < -0.3 is 0 Å². The Labute approximate surface area is 57.8 Å². The summed E-state index contributed by atoms with van der Waals surface area (Å²) < 4.78 is 11.9. The molecule has 0 saturated heterocycles. The van der Waals surface area contributed by atoms with E-state index in [2.05, 4.69) is 0 Å². The number of nitrogens with one attached hydrogen (secondary N) is 1. The molecule has 10 heavy (non-hydrogen) atoms. The van der Waals surface area contributed by atoms with Gasteiger partial charge in [-0.1, -0.05) is 18.2 Å². The molecule has 1 N–H and O–H groups in total. The first-order chi connectivity index (χ1) is 4.81. The van der Waals surface area contributed by atoms with Gasteiger partial charge in [0.2, 0.25) is 6.08 Å². The molecule has 0 saturated carbocycles. The van der Waals surface area contributed by atoms with Gasteiger partial charge >= 0.3 is 0 Å². The largest absolute Gasteiger partial charge is 0.231 e. The molecule has 0 atom stereocenters. The number of hydrogen-bond donors (Lipinski definition) is 1. The van der Waals surface area contributed by atoms with E-state index >= 15 is 0 Å². The molecule has 0 unspecified atom stereocenters. The van der Waals surface area contributed by atoms with Gasteiger partial charge in [0.1, 0.15) is 5.82 Å². The van der Waals surface area contributed by atoms with Crippen LogP contribution < -0.4 is 0 Å². The van der Waals surface area contributed by atoms with Crippen molar-refractivity contribution in [2.45, 2.75) is 0 Å². The minimum Gasteiger partial charge on any atom is -0.222 e. The lowest BCUT2D eigenvalue weighted by Crippen LogP contribution is -1.63. The Bertz CT molecular complexity index is 204. The molecular formula is C7H6FNO. The lowest BCUT2D eigenvalue weighted by atomic mass is 10.4. The quantitative estimate of drug-likeness (QED) is 0.431. The summed E-state index contributed by atoms with van der Waals surface area (Å²) in [6.07, 6.45) is 0.750. The first kappa shape index (κ1) is 8.53. The highest BCUT2D eigenvalue weighted by molar-refractivity contribution is 5.26. The highest BCUT2D eigenvalue weighted by Crippen LogP contribution is 1.91. The first-order valence-corrected chi connectivity index (χ1v) is 2.55. The minimum absolute atomic E-state index is 0.178. The van der Waals surface area contributed by atoms with Crippen molar-refractivity contribution in [2.24, 2.45) is 0 Å². The molecule has 0 heterocycles. The third kappa shape index (κ3) is 4.68. The van der Waals surface area contributed by atoms with Crippen LogP contribution in [0.25, 0.3) is 0 Å². The van der Waals surface area contributed by atoms with Crippen molar-refractivity contribution in [1.82, 2.24) is 0 Å². The topological polar surface area (TPSA) is 40.9 Å². The second-order valence-electron chi connectivity index (χ2n) is 1.40. The maximum absolute atomic E-state index is 11.9. The molecule has 3 heteroatoms. The second-order valence-corrected chi connectivity index (χ2v) is 1.40. The van der Waals surface area contributed by atoms with E-state index in [-0.39, 0.29) is 5.82 Å². The fraction of sp³-hybridized carbons (Fsp3) is 0. The molecule has 0 aliphatic heterocycles. The summed E-state index contributed by atoms with van der Waals surface area (Å²) in [4.78, 5) is 8.35. The van der Waals surface area contributed by atoms with Crippen molar-refractivity contribution in [1.29, 1.82) is 5.41 Å². The smallest absolute Gasteiger partial charge is 0.222 e. The van der Waals surface area contributed by atoms with E-state index in [1.165, 1.54) is 12.1 Å². The summed E-state index contributed by atoms with van der Waals surface area (Å²) in [5, 5.41) is 5.40. The monoisotopic (exact) mass is 139 g/mol. The standard InChI is InChI=1S/C6H5F.CHNO/c7-6-4-2-1-3-5-6;2-1-3/h1-5H;2H. The zero-order chi connectivity index (χ0) is 7.82. The third-order valence-corrected chi connectivity index (χ3v) is 0.733. The van der Waals surface area contributed by atoms with Crippen molar-refractivity contribution in [3.63, 3.8) is 0 Å². The summed E-state index contributed by atoms with van der Waals surface area (Å²) in [6.45, 7) is 0. The van der Waals surface area contributed by atoms with E-state index < -0.39 is 0 Å². The Morgan fingerprint density at radius 3 is 1.90 bits per heavy atom. The van der Waals surface area contributed by atoms with Crippen LogP contribution in [0.15, 0.2) is 30.3 Å². The van der Waals surface area contributed by atoms with E-state index in [1.54, 1.807) is 18.2 Å². The third-order valence-electron chi connectivity index (χ3n) is 0.733. The van der Waals surface area contributed by atoms with Crippen molar-refractivity contribution in [3.8, 4) is 0 Å². The Morgan fingerprint density at radius 1 is 1.30 bits per heavy atom. The van der Waals surface area contributed by atoms with Gasteiger partial charge in [-0.2, -0.15) is 0 Å². The number of halogens is 1. The number of hydrogen-bond acceptors (Lipinski definition) is 2. The van der Waals surface area contributed by atoms with E-state index in [1.807, 2.05) is 0 Å². The average Bonchev–Trinajstić information content (AvgIpc) is 1.91. The van der Waals surface area contributed by atoms with Crippen LogP contribution in [0.3, 0.4) is 0 Å². The maximum Gasteiger partial charge on any atom is 0.231 e. The first-order valence-electron chi connectivity index (χ1n) is 2.55. The lowest BCUT2D eigenvalue weighted by Gasteiger charge is -1.78. The molecule has 0 aliphatic rings. The summed E-state index contributed by atoms with van der Waals surface area (Å²) in [5.41, 5.74) is 0. The number of carbonyl (C=O) groups excluding carboxylic acids is 1. The van der Waals surface area contributed by atoms with Crippen LogP contribution in [0.4, 0.5) is 4.39 Å². The molecule has 0 radical (unpaired) electrons. The molecule has 1 rings (SSSR count). The molecule has 0 fully saturated rings. The van der Waals surface area contributed by atoms with E-state index in [0.29, 0.717) is 0 Å². The van der Waals surface area contributed by atoms with E-state index in [0.717, 1.165) is 6.08 Å². The van der Waals surface area contributed by atoms with E-state index in [9.17, 15) is 4.39 Å². The van der Waals surface area contributed by atoms with Gasteiger partial charge in [0.25, 0.3) is 0 Å². The van der Waals surface area contributed by atoms with Crippen molar-refractivity contribution < 1.29 is 9.18 Å². The highest BCUT2D eigenvalue weighted by atomic mass is 19.1. The van der Waals surface area contributed by atoms with Crippen molar-refractivity contribution in [3.05, 3.63) is 36.1 Å². The summed E-state index contributed by atoms with van der Waals surface area (Å²) in [5.74, 6) is -0.178. The van der Waals surface area contributed by atoms with Gasteiger partial charge in [-0.15, -0.1) is 0 Å². The fourth-order valence-electron chi connectivity index (χ4n) is 0.415. The SMILES string of the molecule is Fc1ccccc1.N=C=O. The van der Waals surface area contributed by atoms with E-state index in [4.69, 9.17) is 10.2 Å². The molecule has 0 aromatic heterocycles. The normalized spacial score (nSPS) is 6.90. The minimum atomic E-state index is -0.178. The molecule has 0 aliphatic carbocycles. The van der Waals surface area contributed by atoms with Gasteiger partial charge in [0, 0.05) is 0 Å². The summed E-state index contributed by atoms with van der Waals surface area (Å²) in [7, 11) is 0. The Morgan fingerprint density at radius 2 is 1.70 bits per heavy atom. The fourth-order valence-corrected chi connectivity index (χ4v) is 0.415. The van der Waals surface area contributed by atoms with Crippen LogP contribution in [0, 0.1) is 11.2 Å². The predicted octanol–water partition coefficient (Wildman–Crippen LogP) is 1.73. The molecule has 0 bridgehead atoms. The van der Waals surface area contributed by atoms with Crippen LogP contribution in [-0.2, 0) is 4.79 Å². The molecule has 2 nitrogen and oxygen atoms in total. The zero-order valence-electron chi connectivity index (χ0n) is 5.17. The second kappa shape index (κ2) is 5.66. The Balaban J connectivity index is 0.000000236. The summed E-state index contributed by atoms with van der Waals surface area (Å²) in [6, 6.07) is 7.94. The molecular weight excluding hydrogens is 133 g/mol. The van der Waals surface area contributed by atoms with Crippen LogP contribution in [0.1, 0.15) is 0 Å². The number of benzene rings is 1. The van der Waals surface area contributed by atoms with Crippen LogP contribution in [-0.4, -0.2) is 6.08 Å². The van der Waals surface area contributed by atoms with Gasteiger partial charge in [-0.3, -0.25) is 0 Å². The lowest BCUT2D eigenvalue weighted by molar-refractivity contribution is 0.563. The molecule has 0 spiro atoms. The van der Waals surface area contributed by atoms with Crippen LogP contribution in [0.2, 0.25) is 0 Å². The molecule has 0 amide bonds. The molecule has 1 aromatic carbocycles. The van der Waals surface area contributed by atoms with Crippen LogP contribution >= 0.6 is 0 Å². The van der Waals surface area contributed by atoms with Gasteiger partial charge in [0.15, 0.2) is 0 Å². The highest BCUT2D eigenvalue weighted by Gasteiger charge is 1.77.